The molecule has 1 heterocycles. The number of benzene rings is 1. The molecule has 0 amide bonds. The van der Waals surface area contributed by atoms with Crippen LogP contribution in [-0.2, 0) is 13.0 Å². The summed E-state index contributed by atoms with van der Waals surface area (Å²) in [4.78, 5) is 0. The van der Waals surface area contributed by atoms with Crippen molar-refractivity contribution in [3.63, 3.8) is 0 Å². The molecule has 0 atom stereocenters. The van der Waals surface area contributed by atoms with Gasteiger partial charge in [-0.15, -0.1) is 0 Å². The van der Waals surface area contributed by atoms with Gasteiger partial charge < -0.3 is 5.32 Å². The third-order valence-corrected chi connectivity index (χ3v) is 4.52. The molecule has 0 saturated heterocycles. The zero-order valence-electron chi connectivity index (χ0n) is 11.7. The zero-order chi connectivity index (χ0) is 13.8. The number of nitrogens with zero attached hydrogens (tertiary/aromatic N) is 2. The maximum absolute atomic E-state index is 4.58. The second kappa shape index (κ2) is 6.35. The summed E-state index contributed by atoms with van der Waals surface area (Å²) in [6, 6.07) is 8.59. The highest BCUT2D eigenvalue weighted by Crippen LogP contribution is 2.21. The second-order valence-electron chi connectivity index (χ2n) is 4.76. The highest BCUT2D eigenvalue weighted by Gasteiger charge is 2.10. The van der Waals surface area contributed by atoms with Crippen molar-refractivity contribution in [2.75, 3.05) is 13.6 Å². The Morgan fingerprint density at radius 3 is 2.47 bits per heavy atom. The molecule has 0 aliphatic heterocycles. The standard InChI is InChI=1S/C15H20BrN3/c1-11-15(16)12(2)19(18-11)10-14-7-5-4-6-13(14)8-9-17-3/h4-7,17H,8-10H2,1-3H3. The fraction of sp³-hybridized carbons (Fsp3) is 0.400. The van der Waals surface area contributed by atoms with E-state index >= 15 is 0 Å². The van der Waals surface area contributed by atoms with Crippen LogP contribution >= 0.6 is 15.9 Å². The molecule has 2 rings (SSSR count). The van der Waals surface area contributed by atoms with Crippen LogP contribution in [0.4, 0.5) is 0 Å². The van der Waals surface area contributed by atoms with Crippen LogP contribution in [0.25, 0.3) is 0 Å². The molecule has 1 N–H and O–H groups in total. The minimum atomic E-state index is 0.832. The Morgan fingerprint density at radius 2 is 1.89 bits per heavy atom. The highest BCUT2D eigenvalue weighted by molar-refractivity contribution is 9.10. The topological polar surface area (TPSA) is 29.9 Å². The number of nitrogens with one attached hydrogen (secondary N) is 1. The van der Waals surface area contributed by atoms with Gasteiger partial charge in [-0.1, -0.05) is 24.3 Å². The van der Waals surface area contributed by atoms with Crippen molar-refractivity contribution in [3.8, 4) is 0 Å². The largest absolute Gasteiger partial charge is 0.319 e. The van der Waals surface area contributed by atoms with E-state index < -0.39 is 0 Å². The van der Waals surface area contributed by atoms with Gasteiger partial charge in [-0.3, -0.25) is 4.68 Å². The summed E-state index contributed by atoms with van der Waals surface area (Å²) in [5, 5.41) is 7.78. The molecule has 2 aromatic rings. The third-order valence-electron chi connectivity index (χ3n) is 3.38. The molecule has 1 aromatic heterocycles. The summed E-state index contributed by atoms with van der Waals surface area (Å²) in [6.07, 6.45) is 1.05. The van der Waals surface area contributed by atoms with Gasteiger partial charge in [0.15, 0.2) is 0 Å². The summed E-state index contributed by atoms with van der Waals surface area (Å²) >= 11 is 3.58. The molecule has 19 heavy (non-hydrogen) atoms. The van der Waals surface area contributed by atoms with Crippen molar-refractivity contribution in [2.24, 2.45) is 0 Å². The monoisotopic (exact) mass is 321 g/mol. The van der Waals surface area contributed by atoms with Gasteiger partial charge in [0.1, 0.15) is 0 Å². The Bertz CT molecular complexity index is 561. The van der Waals surface area contributed by atoms with Crippen LogP contribution in [-0.4, -0.2) is 23.4 Å². The van der Waals surface area contributed by atoms with Crippen molar-refractivity contribution >= 4 is 15.9 Å². The summed E-state index contributed by atoms with van der Waals surface area (Å²) in [6.45, 7) is 5.96. The Morgan fingerprint density at radius 1 is 1.21 bits per heavy atom. The fourth-order valence-corrected chi connectivity index (χ4v) is 2.49. The van der Waals surface area contributed by atoms with E-state index in [4.69, 9.17) is 0 Å². The van der Waals surface area contributed by atoms with E-state index in [9.17, 15) is 0 Å². The summed E-state index contributed by atoms with van der Waals surface area (Å²) in [5.74, 6) is 0. The molecule has 0 radical (unpaired) electrons. The quantitative estimate of drug-likeness (QED) is 0.917. The molecule has 0 saturated carbocycles. The molecule has 0 aliphatic carbocycles. The minimum absolute atomic E-state index is 0.832. The van der Waals surface area contributed by atoms with Crippen LogP contribution in [0.2, 0.25) is 0 Å². The molecule has 4 heteroatoms. The number of aryl methyl sites for hydroxylation is 1. The first kappa shape index (κ1) is 14.3. The molecule has 0 aliphatic rings. The predicted octanol–water partition coefficient (Wildman–Crippen LogP) is 3.07. The highest BCUT2D eigenvalue weighted by atomic mass is 79.9. The summed E-state index contributed by atoms with van der Waals surface area (Å²) in [7, 11) is 1.99. The van der Waals surface area contributed by atoms with E-state index in [0.29, 0.717) is 0 Å². The van der Waals surface area contributed by atoms with Gasteiger partial charge in [-0.05, 0) is 60.9 Å². The summed E-state index contributed by atoms with van der Waals surface area (Å²) < 4.78 is 3.18. The average Bonchev–Trinajstić information content (AvgIpc) is 2.65. The molecule has 0 fully saturated rings. The van der Waals surface area contributed by atoms with E-state index in [-0.39, 0.29) is 0 Å². The van der Waals surface area contributed by atoms with Gasteiger partial charge in [0.25, 0.3) is 0 Å². The lowest BCUT2D eigenvalue weighted by Gasteiger charge is -2.10. The van der Waals surface area contributed by atoms with Crippen molar-refractivity contribution < 1.29 is 0 Å². The van der Waals surface area contributed by atoms with Crippen LogP contribution < -0.4 is 5.32 Å². The molecular weight excluding hydrogens is 302 g/mol. The number of likely N-dealkylation sites (N-methyl/N-ethyl adjacent to an activating group) is 1. The van der Waals surface area contributed by atoms with Gasteiger partial charge in [0, 0.05) is 0 Å². The second-order valence-corrected chi connectivity index (χ2v) is 5.56. The van der Waals surface area contributed by atoms with Crippen molar-refractivity contribution in [1.29, 1.82) is 0 Å². The Balaban J connectivity index is 2.25. The lowest BCUT2D eigenvalue weighted by atomic mass is 10.0. The van der Waals surface area contributed by atoms with Crippen LogP contribution in [0, 0.1) is 13.8 Å². The SMILES string of the molecule is CNCCc1ccccc1Cn1nc(C)c(Br)c1C. The molecule has 0 unspecified atom stereocenters. The van der Waals surface area contributed by atoms with Crippen LogP contribution in [0.15, 0.2) is 28.7 Å². The lowest BCUT2D eigenvalue weighted by molar-refractivity contribution is 0.651. The molecule has 0 spiro atoms. The Labute approximate surface area is 123 Å². The third kappa shape index (κ3) is 3.25. The van der Waals surface area contributed by atoms with Gasteiger partial charge >= 0.3 is 0 Å². The fourth-order valence-electron chi connectivity index (χ4n) is 2.21. The molecular formula is C15H20BrN3. The number of rotatable bonds is 5. The molecule has 102 valence electrons. The van der Waals surface area contributed by atoms with Crippen LogP contribution in [0.1, 0.15) is 22.5 Å². The number of halogens is 1. The molecule has 1 aromatic carbocycles. The number of hydrogen-bond acceptors (Lipinski definition) is 2. The maximum atomic E-state index is 4.58. The van der Waals surface area contributed by atoms with E-state index in [0.717, 1.165) is 29.7 Å². The maximum Gasteiger partial charge on any atom is 0.0738 e. The molecule has 0 bridgehead atoms. The van der Waals surface area contributed by atoms with Gasteiger partial charge in [0.2, 0.25) is 0 Å². The normalized spacial score (nSPS) is 10.9. The van der Waals surface area contributed by atoms with Gasteiger partial charge in [-0.2, -0.15) is 5.10 Å². The van der Waals surface area contributed by atoms with Gasteiger partial charge in [-0.25, -0.2) is 0 Å². The Kier molecular flexibility index (Phi) is 4.77. The van der Waals surface area contributed by atoms with Gasteiger partial charge in [0.05, 0.1) is 22.4 Å². The van der Waals surface area contributed by atoms with Crippen molar-refractivity contribution in [3.05, 3.63) is 51.3 Å². The van der Waals surface area contributed by atoms with Crippen LogP contribution in [0.5, 0.6) is 0 Å². The van der Waals surface area contributed by atoms with E-state index in [1.54, 1.807) is 0 Å². The first-order chi connectivity index (χ1) is 9.13. The van der Waals surface area contributed by atoms with E-state index in [2.05, 4.69) is 62.2 Å². The first-order valence-electron chi connectivity index (χ1n) is 6.54. The number of hydrogen-bond donors (Lipinski definition) is 1. The van der Waals surface area contributed by atoms with Crippen molar-refractivity contribution in [1.82, 2.24) is 15.1 Å². The lowest BCUT2D eigenvalue weighted by Crippen LogP contribution is -2.13. The zero-order valence-corrected chi connectivity index (χ0v) is 13.3. The minimum Gasteiger partial charge on any atom is -0.319 e. The summed E-state index contributed by atoms with van der Waals surface area (Å²) in [5.41, 5.74) is 4.96. The predicted molar refractivity (Wildman–Crippen MR) is 82.6 cm³/mol. The Hall–Kier alpha value is -1.13. The smallest absolute Gasteiger partial charge is 0.0738 e. The van der Waals surface area contributed by atoms with E-state index in [1.807, 2.05) is 14.0 Å². The first-order valence-corrected chi connectivity index (χ1v) is 7.33. The average molecular weight is 322 g/mol. The van der Waals surface area contributed by atoms with Crippen molar-refractivity contribution in [2.45, 2.75) is 26.8 Å². The van der Waals surface area contributed by atoms with Crippen LogP contribution in [0.3, 0.4) is 0 Å². The molecule has 3 nitrogen and oxygen atoms in total. The number of aromatic nitrogens is 2. The van der Waals surface area contributed by atoms with E-state index in [1.165, 1.54) is 16.8 Å².